The molecule has 3 nitrogen and oxygen atoms in total. The maximum atomic E-state index is 11.7. The molecular formula is C14H19NO2. The number of carbonyl (C=O) groups excluding carboxylic acids is 1. The van der Waals surface area contributed by atoms with Crippen LogP contribution >= 0.6 is 0 Å². The van der Waals surface area contributed by atoms with Gasteiger partial charge < -0.3 is 10.5 Å². The van der Waals surface area contributed by atoms with Crippen LogP contribution in [0.25, 0.3) is 0 Å². The Morgan fingerprint density at radius 2 is 2.00 bits per heavy atom. The van der Waals surface area contributed by atoms with Crippen LogP contribution in [-0.2, 0) is 4.74 Å². The van der Waals surface area contributed by atoms with Crippen molar-refractivity contribution in [2.24, 2.45) is 11.7 Å². The van der Waals surface area contributed by atoms with Crippen molar-refractivity contribution < 1.29 is 9.53 Å². The highest BCUT2D eigenvalue weighted by molar-refractivity contribution is 5.91. The van der Waals surface area contributed by atoms with Gasteiger partial charge in [-0.2, -0.15) is 0 Å². The smallest absolute Gasteiger partial charge is 0.338 e. The van der Waals surface area contributed by atoms with E-state index in [9.17, 15) is 4.79 Å². The van der Waals surface area contributed by atoms with Crippen LogP contribution in [0.5, 0.6) is 0 Å². The highest BCUT2D eigenvalue weighted by Crippen LogP contribution is 2.35. The van der Waals surface area contributed by atoms with E-state index in [1.807, 2.05) is 18.2 Å². The van der Waals surface area contributed by atoms with Crippen molar-refractivity contribution in [3.05, 3.63) is 35.4 Å². The SMILES string of the molecule is COC(=O)c1ccccc1[C@@H](N)C1CCCC1. The Balaban J connectivity index is 2.27. The third kappa shape index (κ3) is 2.50. The van der Waals surface area contributed by atoms with E-state index in [1.165, 1.54) is 20.0 Å². The lowest BCUT2D eigenvalue weighted by atomic mass is 9.89. The van der Waals surface area contributed by atoms with E-state index in [1.54, 1.807) is 6.07 Å². The summed E-state index contributed by atoms with van der Waals surface area (Å²) >= 11 is 0. The molecule has 0 heterocycles. The lowest BCUT2D eigenvalue weighted by molar-refractivity contribution is 0.0598. The van der Waals surface area contributed by atoms with Crippen LogP contribution in [0.4, 0.5) is 0 Å². The third-order valence-electron chi connectivity index (χ3n) is 3.63. The Morgan fingerprint density at radius 3 is 2.65 bits per heavy atom. The maximum absolute atomic E-state index is 11.7. The molecule has 0 unspecified atom stereocenters. The first-order chi connectivity index (χ1) is 8.24. The van der Waals surface area contributed by atoms with Gasteiger partial charge in [0.2, 0.25) is 0 Å². The van der Waals surface area contributed by atoms with E-state index >= 15 is 0 Å². The molecule has 0 spiro atoms. The molecule has 17 heavy (non-hydrogen) atoms. The maximum Gasteiger partial charge on any atom is 0.338 e. The fraction of sp³-hybridized carbons (Fsp3) is 0.500. The summed E-state index contributed by atoms with van der Waals surface area (Å²) in [6, 6.07) is 7.45. The predicted octanol–water partition coefficient (Wildman–Crippen LogP) is 2.66. The van der Waals surface area contributed by atoms with Gasteiger partial charge in [0.15, 0.2) is 0 Å². The van der Waals surface area contributed by atoms with Gasteiger partial charge in [0, 0.05) is 6.04 Å². The van der Waals surface area contributed by atoms with Gasteiger partial charge >= 0.3 is 5.97 Å². The summed E-state index contributed by atoms with van der Waals surface area (Å²) in [6.07, 6.45) is 4.82. The molecule has 1 saturated carbocycles. The van der Waals surface area contributed by atoms with Gasteiger partial charge in [-0.1, -0.05) is 31.0 Å². The Morgan fingerprint density at radius 1 is 1.35 bits per heavy atom. The Labute approximate surface area is 102 Å². The highest BCUT2D eigenvalue weighted by atomic mass is 16.5. The molecule has 2 N–H and O–H groups in total. The molecule has 92 valence electrons. The topological polar surface area (TPSA) is 52.3 Å². The van der Waals surface area contributed by atoms with Crippen LogP contribution in [0, 0.1) is 5.92 Å². The van der Waals surface area contributed by atoms with E-state index < -0.39 is 0 Å². The molecule has 0 saturated heterocycles. The highest BCUT2D eigenvalue weighted by Gasteiger charge is 2.26. The van der Waals surface area contributed by atoms with Gasteiger partial charge in [0.25, 0.3) is 0 Å². The van der Waals surface area contributed by atoms with Crippen LogP contribution in [0.3, 0.4) is 0 Å². The minimum absolute atomic E-state index is 0.0483. The van der Waals surface area contributed by atoms with Gasteiger partial charge in [0.05, 0.1) is 12.7 Å². The minimum atomic E-state index is -0.297. The first kappa shape index (κ1) is 12.1. The molecule has 0 aromatic heterocycles. The zero-order valence-corrected chi connectivity index (χ0v) is 10.2. The second kappa shape index (κ2) is 5.32. The van der Waals surface area contributed by atoms with Gasteiger partial charge in [-0.05, 0) is 30.4 Å². The predicted molar refractivity (Wildman–Crippen MR) is 66.7 cm³/mol. The van der Waals surface area contributed by atoms with Crippen molar-refractivity contribution in [2.75, 3.05) is 7.11 Å². The number of nitrogens with two attached hydrogens (primary N) is 1. The summed E-state index contributed by atoms with van der Waals surface area (Å²) in [7, 11) is 1.40. The van der Waals surface area contributed by atoms with E-state index in [4.69, 9.17) is 10.5 Å². The number of hydrogen-bond donors (Lipinski definition) is 1. The average Bonchev–Trinajstić information content (AvgIpc) is 2.91. The molecule has 3 heteroatoms. The van der Waals surface area contributed by atoms with Crippen LogP contribution in [0.1, 0.15) is 47.6 Å². The lowest BCUT2D eigenvalue weighted by Crippen LogP contribution is -2.22. The summed E-state index contributed by atoms with van der Waals surface area (Å²) in [4.78, 5) is 11.7. The molecule has 0 bridgehead atoms. The van der Waals surface area contributed by atoms with Crippen LogP contribution < -0.4 is 5.73 Å². The summed E-state index contributed by atoms with van der Waals surface area (Å²) in [5, 5.41) is 0. The quantitative estimate of drug-likeness (QED) is 0.816. The number of rotatable bonds is 3. The number of esters is 1. The molecule has 0 amide bonds. The molecule has 1 aromatic carbocycles. The summed E-state index contributed by atoms with van der Waals surface area (Å²) < 4.78 is 4.80. The van der Waals surface area contributed by atoms with Gasteiger partial charge in [-0.3, -0.25) is 0 Å². The Kier molecular flexibility index (Phi) is 3.79. The molecule has 1 aliphatic carbocycles. The molecule has 1 aliphatic rings. The first-order valence-corrected chi connectivity index (χ1v) is 6.17. The second-order valence-electron chi connectivity index (χ2n) is 4.65. The van der Waals surface area contributed by atoms with Crippen LogP contribution in [0.15, 0.2) is 24.3 Å². The van der Waals surface area contributed by atoms with Gasteiger partial charge in [0.1, 0.15) is 0 Å². The van der Waals surface area contributed by atoms with E-state index in [0.29, 0.717) is 11.5 Å². The second-order valence-corrected chi connectivity index (χ2v) is 4.65. The molecule has 1 aromatic rings. The fourth-order valence-corrected chi connectivity index (χ4v) is 2.65. The normalized spacial score (nSPS) is 18.0. The van der Waals surface area contributed by atoms with E-state index in [2.05, 4.69) is 0 Å². The molecule has 0 radical (unpaired) electrons. The molecule has 0 aliphatic heterocycles. The van der Waals surface area contributed by atoms with Crippen molar-refractivity contribution in [3.8, 4) is 0 Å². The van der Waals surface area contributed by atoms with Gasteiger partial charge in [-0.15, -0.1) is 0 Å². The molecule has 2 rings (SSSR count). The Bertz CT molecular complexity index is 397. The largest absolute Gasteiger partial charge is 0.465 e. The number of methoxy groups -OCH3 is 1. The van der Waals surface area contributed by atoms with Crippen molar-refractivity contribution in [2.45, 2.75) is 31.7 Å². The van der Waals surface area contributed by atoms with Crippen molar-refractivity contribution in [1.29, 1.82) is 0 Å². The standard InChI is InChI=1S/C14H19NO2/c1-17-14(16)12-9-5-4-8-11(12)13(15)10-6-2-3-7-10/h4-5,8-10,13H,2-3,6-7,15H2,1H3/t13-/m0/s1. The summed E-state index contributed by atoms with van der Waals surface area (Å²) in [6.45, 7) is 0. The minimum Gasteiger partial charge on any atom is -0.465 e. The molecular weight excluding hydrogens is 214 g/mol. The molecule has 1 atom stereocenters. The van der Waals surface area contributed by atoms with E-state index in [-0.39, 0.29) is 12.0 Å². The Hall–Kier alpha value is -1.35. The molecule has 1 fully saturated rings. The van der Waals surface area contributed by atoms with Crippen LogP contribution in [-0.4, -0.2) is 13.1 Å². The van der Waals surface area contributed by atoms with Crippen LogP contribution in [0.2, 0.25) is 0 Å². The number of carbonyl (C=O) groups is 1. The average molecular weight is 233 g/mol. The zero-order chi connectivity index (χ0) is 12.3. The monoisotopic (exact) mass is 233 g/mol. The number of ether oxygens (including phenoxy) is 1. The lowest BCUT2D eigenvalue weighted by Gasteiger charge is -2.21. The van der Waals surface area contributed by atoms with Crippen molar-refractivity contribution in [1.82, 2.24) is 0 Å². The summed E-state index contributed by atoms with van der Waals surface area (Å²) in [5.74, 6) is 0.204. The van der Waals surface area contributed by atoms with E-state index in [0.717, 1.165) is 18.4 Å². The zero-order valence-electron chi connectivity index (χ0n) is 10.2. The summed E-state index contributed by atoms with van der Waals surface area (Å²) in [5.41, 5.74) is 7.81. The number of benzene rings is 1. The van der Waals surface area contributed by atoms with Crippen molar-refractivity contribution >= 4 is 5.97 Å². The van der Waals surface area contributed by atoms with Gasteiger partial charge in [-0.25, -0.2) is 4.79 Å². The fourth-order valence-electron chi connectivity index (χ4n) is 2.65. The first-order valence-electron chi connectivity index (χ1n) is 6.17. The third-order valence-corrected chi connectivity index (χ3v) is 3.63. The number of hydrogen-bond acceptors (Lipinski definition) is 3. The van der Waals surface area contributed by atoms with Crippen molar-refractivity contribution in [3.63, 3.8) is 0 Å².